The number of hydrogen-bond acceptors (Lipinski definition) is 7. The first kappa shape index (κ1) is 16.5. The number of rotatable bonds is 8. The van der Waals surface area contributed by atoms with Crippen LogP contribution in [0.1, 0.15) is 10.4 Å². The lowest BCUT2D eigenvalue weighted by Gasteiger charge is -2.25. The van der Waals surface area contributed by atoms with Gasteiger partial charge in [-0.15, -0.1) is 0 Å². The van der Waals surface area contributed by atoms with Crippen LogP contribution >= 0.6 is 0 Å². The molecule has 0 aromatic heterocycles. The monoisotopic (exact) mass is 286 g/mol. The highest BCUT2D eigenvalue weighted by atomic mass is 16.5. The first-order valence-electron chi connectivity index (χ1n) is 6.00. The Morgan fingerprint density at radius 3 is 2.05 bits per heavy atom. The van der Waals surface area contributed by atoms with Crippen LogP contribution in [0.2, 0.25) is 0 Å². The molecule has 7 nitrogen and oxygen atoms in total. The largest absolute Gasteiger partial charge is 0.491 e. The molecule has 112 valence electrons. The summed E-state index contributed by atoms with van der Waals surface area (Å²) in [6, 6.07) is 6.08. The van der Waals surface area contributed by atoms with E-state index in [4.69, 9.17) is 14.9 Å². The smallest absolute Gasteiger partial charge is 0.150 e. The summed E-state index contributed by atoms with van der Waals surface area (Å²) in [5.41, 5.74) is 0.472. The summed E-state index contributed by atoms with van der Waals surface area (Å²) in [5.74, 6) is 0.374. The van der Waals surface area contributed by atoms with E-state index in [0.29, 0.717) is 17.6 Å². The molecule has 20 heavy (non-hydrogen) atoms. The quantitative estimate of drug-likeness (QED) is 0.361. The molecule has 7 heteroatoms. The van der Waals surface area contributed by atoms with Gasteiger partial charge in [0, 0.05) is 5.56 Å². The molecule has 0 saturated heterocycles. The summed E-state index contributed by atoms with van der Waals surface area (Å²) in [4.78, 5) is 10.5. The van der Waals surface area contributed by atoms with Crippen LogP contribution in [0.5, 0.6) is 5.75 Å². The van der Waals surface area contributed by atoms with Gasteiger partial charge < -0.3 is 30.3 Å². The summed E-state index contributed by atoms with van der Waals surface area (Å²) in [6.45, 7) is -1.06. The number of ether oxygens (including phenoxy) is 1. The summed E-state index contributed by atoms with van der Waals surface area (Å²) in [5, 5.41) is 46.3. The molecule has 0 amide bonds. The van der Waals surface area contributed by atoms with Crippen LogP contribution in [0.3, 0.4) is 0 Å². The van der Waals surface area contributed by atoms with Gasteiger partial charge in [-0.2, -0.15) is 0 Å². The predicted octanol–water partition coefficient (Wildman–Crippen LogP) is -1.69. The zero-order valence-corrected chi connectivity index (χ0v) is 10.7. The van der Waals surface area contributed by atoms with Gasteiger partial charge in [0.2, 0.25) is 0 Å². The molecule has 0 aliphatic heterocycles. The third-order valence-corrected chi connectivity index (χ3v) is 2.76. The molecule has 0 heterocycles. The van der Waals surface area contributed by atoms with Crippen molar-refractivity contribution in [1.29, 1.82) is 0 Å². The van der Waals surface area contributed by atoms with Gasteiger partial charge in [-0.05, 0) is 24.3 Å². The highest BCUT2D eigenvalue weighted by Gasteiger charge is 2.30. The number of hydrogen-bond donors (Lipinski definition) is 5. The molecule has 1 rings (SSSR count). The summed E-state index contributed by atoms with van der Waals surface area (Å²) in [7, 11) is 0. The highest BCUT2D eigenvalue weighted by molar-refractivity contribution is 5.74. The van der Waals surface area contributed by atoms with Crippen molar-refractivity contribution >= 4 is 6.29 Å². The second kappa shape index (κ2) is 7.93. The standard InChI is InChI=1S/C13H18O7/c14-5-8-1-3-9(4-2-8)20-7-11(17)13(19)12(18)10(16)6-15/h1-5,10-13,15-19H,6-7H2/t10-,11+,12-,13-/m1/s1. The highest BCUT2D eigenvalue weighted by Crippen LogP contribution is 2.13. The number of aliphatic hydroxyl groups excluding tert-OH is 5. The van der Waals surface area contributed by atoms with E-state index in [1.54, 1.807) is 0 Å². The van der Waals surface area contributed by atoms with E-state index in [1.807, 2.05) is 0 Å². The van der Waals surface area contributed by atoms with Crippen molar-refractivity contribution in [2.45, 2.75) is 24.4 Å². The molecular formula is C13H18O7. The second-order valence-electron chi connectivity index (χ2n) is 4.30. The van der Waals surface area contributed by atoms with E-state index < -0.39 is 31.0 Å². The van der Waals surface area contributed by atoms with Gasteiger partial charge in [-0.3, -0.25) is 4.79 Å². The molecule has 0 unspecified atom stereocenters. The molecule has 5 N–H and O–H groups in total. The van der Waals surface area contributed by atoms with Crippen molar-refractivity contribution in [3.05, 3.63) is 29.8 Å². The SMILES string of the molecule is O=Cc1ccc(OC[C@H](O)[C@@H](O)[C@H](O)[C@H](O)CO)cc1. The molecular weight excluding hydrogens is 268 g/mol. The summed E-state index contributed by atoms with van der Waals surface area (Å²) >= 11 is 0. The van der Waals surface area contributed by atoms with Gasteiger partial charge >= 0.3 is 0 Å². The van der Waals surface area contributed by atoms with E-state index in [2.05, 4.69) is 0 Å². The minimum Gasteiger partial charge on any atom is -0.491 e. The van der Waals surface area contributed by atoms with Gasteiger partial charge in [-0.1, -0.05) is 0 Å². The Morgan fingerprint density at radius 1 is 1.00 bits per heavy atom. The molecule has 0 saturated carbocycles. The lowest BCUT2D eigenvalue weighted by molar-refractivity contribution is -0.121. The van der Waals surface area contributed by atoms with E-state index >= 15 is 0 Å². The first-order valence-corrected chi connectivity index (χ1v) is 6.00. The zero-order valence-electron chi connectivity index (χ0n) is 10.7. The number of aldehydes is 1. The molecule has 0 aliphatic carbocycles. The number of carbonyl (C=O) groups is 1. The van der Waals surface area contributed by atoms with Gasteiger partial charge in [-0.25, -0.2) is 0 Å². The van der Waals surface area contributed by atoms with Crippen LogP contribution in [-0.4, -0.2) is 69.4 Å². The van der Waals surface area contributed by atoms with E-state index in [0.717, 1.165) is 0 Å². The lowest BCUT2D eigenvalue weighted by Crippen LogP contribution is -2.47. The lowest BCUT2D eigenvalue weighted by atomic mass is 10.0. The maximum Gasteiger partial charge on any atom is 0.150 e. The van der Waals surface area contributed by atoms with Gasteiger partial charge in [0.1, 0.15) is 43.1 Å². The van der Waals surface area contributed by atoms with Crippen molar-refractivity contribution in [3.8, 4) is 5.75 Å². The fourth-order valence-corrected chi connectivity index (χ4v) is 1.49. The second-order valence-corrected chi connectivity index (χ2v) is 4.30. The van der Waals surface area contributed by atoms with E-state index in [9.17, 15) is 20.1 Å². The van der Waals surface area contributed by atoms with Crippen LogP contribution < -0.4 is 4.74 Å². The van der Waals surface area contributed by atoms with E-state index in [-0.39, 0.29) is 6.61 Å². The minimum absolute atomic E-state index is 0.323. The molecule has 0 bridgehead atoms. The van der Waals surface area contributed by atoms with Gasteiger partial charge in [0.15, 0.2) is 0 Å². The maximum atomic E-state index is 10.5. The molecule has 0 aliphatic rings. The minimum atomic E-state index is -1.68. The predicted molar refractivity (Wildman–Crippen MR) is 68.4 cm³/mol. The van der Waals surface area contributed by atoms with Gasteiger partial charge in [0.05, 0.1) is 6.61 Å². The summed E-state index contributed by atoms with van der Waals surface area (Å²) < 4.78 is 5.17. The van der Waals surface area contributed by atoms with E-state index in [1.165, 1.54) is 24.3 Å². The number of aliphatic hydroxyl groups is 5. The number of carbonyl (C=O) groups excluding carboxylic acids is 1. The Kier molecular flexibility index (Phi) is 6.56. The zero-order chi connectivity index (χ0) is 15.1. The average molecular weight is 286 g/mol. The fraction of sp³-hybridized carbons (Fsp3) is 0.462. The van der Waals surface area contributed by atoms with Crippen LogP contribution in [0.25, 0.3) is 0 Å². The maximum absolute atomic E-state index is 10.5. The van der Waals surface area contributed by atoms with Crippen LogP contribution in [0.4, 0.5) is 0 Å². The van der Waals surface area contributed by atoms with Crippen molar-refractivity contribution in [2.75, 3.05) is 13.2 Å². The Morgan fingerprint density at radius 2 is 1.55 bits per heavy atom. The van der Waals surface area contributed by atoms with Crippen LogP contribution in [0, 0.1) is 0 Å². The Bertz CT molecular complexity index is 406. The molecule has 1 aromatic rings. The molecule has 0 spiro atoms. The van der Waals surface area contributed by atoms with Crippen molar-refractivity contribution in [1.82, 2.24) is 0 Å². The normalized spacial score (nSPS) is 17.1. The summed E-state index contributed by atoms with van der Waals surface area (Å²) in [6.07, 6.45) is -5.67. The fourth-order valence-electron chi connectivity index (χ4n) is 1.49. The third-order valence-electron chi connectivity index (χ3n) is 2.76. The Labute approximate surface area is 115 Å². The molecule has 1 aromatic carbocycles. The van der Waals surface area contributed by atoms with Crippen molar-refractivity contribution in [2.24, 2.45) is 0 Å². The van der Waals surface area contributed by atoms with Crippen LogP contribution in [0.15, 0.2) is 24.3 Å². The third kappa shape index (κ3) is 4.55. The van der Waals surface area contributed by atoms with Gasteiger partial charge in [0.25, 0.3) is 0 Å². The molecule has 0 fully saturated rings. The Hall–Kier alpha value is -1.51. The topological polar surface area (TPSA) is 127 Å². The Balaban J connectivity index is 2.49. The first-order chi connectivity index (χ1) is 9.49. The van der Waals surface area contributed by atoms with Crippen molar-refractivity contribution in [3.63, 3.8) is 0 Å². The van der Waals surface area contributed by atoms with Crippen molar-refractivity contribution < 1.29 is 35.1 Å². The number of benzene rings is 1. The molecule has 0 radical (unpaired) electrons. The molecule has 4 atom stereocenters. The van der Waals surface area contributed by atoms with Crippen LogP contribution in [-0.2, 0) is 0 Å². The average Bonchev–Trinajstić information content (AvgIpc) is 2.50.